The predicted molar refractivity (Wildman–Crippen MR) is 79.7 cm³/mol. The molecule has 0 saturated heterocycles. The summed E-state index contributed by atoms with van der Waals surface area (Å²) in [7, 11) is 1.56. The molecule has 0 bridgehead atoms. The SMILES string of the molecule is COc1ccccc1C(=O)Nc1nc2c(s1)CCCC2. The van der Waals surface area contributed by atoms with Crippen molar-refractivity contribution in [2.45, 2.75) is 25.7 Å². The summed E-state index contributed by atoms with van der Waals surface area (Å²) in [6.07, 6.45) is 4.51. The van der Waals surface area contributed by atoms with E-state index in [1.54, 1.807) is 30.6 Å². The quantitative estimate of drug-likeness (QED) is 0.943. The number of anilines is 1. The van der Waals surface area contributed by atoms with Crippen LogP contribution in [0.25, 0.3) is 0 Å². The van der Waals surface area contributed by atoms with Gasteiger partial charge in [-0.05, 0) is 37.8 Å². The largest absolute Gasteiger partial charge is 0.496 e. The van der Waals surface area contributed by atoms with E-state index in [4.69, 9.17) is 4.74 Å². The molecule has 1 aliphatic rings. The maximum atomic E-state index is 12.3. The number of methoxy groups -OCH3 is 1. The number of nitrogens with one attached hydrogen (secondary N) is 1. The van der Waals surface area contributed by atoms with Crippen LogP contribution in [0.1, 0.15) is 33.8 Å². The average molecular weight is 288 g/mol. The Balaban J connectivity index is 1.80. The smallest absolute Gasteiger partial charge is 0.261 e. The third-order valence-corrected chi connectivity index (χ3v) is 4.49. The number of aromatic nitrogens is 1. The summed E-state index contributed by atoms with van der Waals surface area (Å²) in [5, 5.41) is 3.57. The van der Waals surface area contributed by atoms with Gasteiger partial charge in [0.05, 0.1) is 18.4 Å². The molecular formula is C15H16N2O2S. The summed E-state index contributed by atoms with van der Waals surface area (Å²) in [5.41, 5.74) is 1.68. The number of hydrogen-bond acceptors (Lipinski definition) is 4. The first-order valence-corrected chi connectivity index (χ1v) is 7.52. The Labute approximate surface area is 121 Å². The van der Waals surface area contributed by atoms with E-state index >= 15 is 0 Å². The Morgan fingerprint density at radius 3 is 2.90 bits per heavy atom. The van der Waals surface area contributed by atoms with E-state index in [2.05, 4.69) is 10.3 Å². The first-order chi connectivity index (χ1) is 9.78. The van der Waals surface area contributed by atoms with Crippen molar-refractivity contribution in [2.24, 2.45) is 0 Å². The van der Waals surface area contributed by atoms with Gasteiger partial charge < -0.3 is 4.74 Å². The molecule has 1 heterocycles. The first kappa shape index (κ1) is 13.1. The number of ether oxygens (including phenoxy) is 1. The third kappa shape index (κ3) is 2.54. The number of rotatable bonds is 3. The van der Waals surface area contributed by atoms with Gasteiger partial charge >= 0.3 is 0 Å². The van der Waals surface area contributed by atoms with Gasteiger partial charge in [-0.25, -0.2) is 4.98 Å². The molecule has 104 valence electrons. The second-order valence-corrected chi connectivity index (χ2v) is 5.83. The lowest BCUT2D eigenvalue weighted by molar-refractivity contribution is 0.102. The van der Waals surface area contributed by atoms with E-state index in [1.807, 2.05) is 12.1 Å². The van der Waals surface area contributed by atoms with Crippen LogP contribution in [0.3, 0.4) is 0 Å². The number of benzene rings is 1. The highest BCUT2D eigenvalue weighted by Gasteiger charge is 2.18. The summed E-state index contributed by atoms with van der Waals surface area (Å²) in [4.78, 5) is 18.1. The van der Waals surface area contributed by atoms with Crippen LogP contribution in [-0.2, 0) is 12.8 Å². The van der Waals surface area contributed by atoms with E-state index < -0.39 is 0 Å². The van der Waals surface area contributed by atoms with Crippen LogP contribution in [-0.4, -0.2) is 18.0 Å². The van der Waals surface area contributed by atoms with Crippen molar-refractivity contribution in [2.75, 3.05) is 12.4 Å². The molecule has 2 aromatic rings. The van der Waals surface area contributed by atoms with E-state index in [-0.39, 0.29) is 5.91 Å². The Morgan fingerprint density at radius 2 is 2.10 bits per heavy atom. The molecule has 1 aromatic heterocycles. The lowest BCUT2D eigenvalue weighted by Gasteiger charge is -2.07. The molecule has 1 aromatic carbocycles. The van der Waals surface area contributed by atoms with Gasteiger partial charge in [-0.1, -0.05) is 12.1 Å². The van der Waals surface area contributed by atoms with Crippen molar-refractivity contribution in [3.8, 4) is 5.75 Å². The molecule has 4 nitrogen and oxygen atoms in total. The summed E-state index contributed by atoms with van der Waals surface area (Å²) in [6, 6.07) is 7.20. The molecule has 0 aliphatic heterocycles. The molecule has 0 radical (unpaired) electrons. The van der Waals surface area contributed by atoms with E-state index in [9.17, 15) is 4.79 Å². The zero-order valence-electron chi connectivity index (χ0n) is 11.3. The van der Waals surface area contributed by atoms with Gasteiger partial charge in [0.1, 0.15) is 5.75 Å². The Morgan fingerprint density at radius 1 is 1.30 bits per heavy atom. The summed E-state index contributed by atoms with van der Waals surface area (Å²) in [5.74, 6) is 0.403. The summed E-state index contributed by atoms with van der Waals surface area (Å²) in [6.45, 7) is 0. The van der Waals surface area contributed by atoms with Crippen molar-refractivity contribution in [3.63, 3.8) is 0 Å². The normalized spacial score (nSPS) is 13.7. The summed E-state index contributed by atoms with van der Waals surface area (Å²) >= 11 is 1.59. The van der Waals surface area contributed by atoms with Crippen LogP contribution in [0.15, 0.2) is 24.3 Å². The number of hydrogen-bond donors (Lipinski definition) is 1. The molecule has 1 N–H and O–H groups in total. The van der Waals surface area contributed by atoms with Crippen molar-refractivity contribution in [3.05, 3.63) is 40.4 Å². The van der Waals surface area contributed by atoms with Gasteiger partial charge in [0, 0.05) is 4.88 Å². The van der Waals surface area contributed by atoms with Crippen molar-refractivity contribution in [1.29, 1.82) is 0 Å². The van der Waals surface area contributed by atoms with Crippen LogP contribution in [0.5, 0.6) is 5.75 Å². The number of aryl methyl sites for hydroxylation is 2. The monoisotopic (exact) mass is 288 g/mol. The van der Waals surface area contributed by atoms with Gasteiger partial charge in [-0.15, -0.1) is 11.3 Å². The van der Waals surface area contributed by atoms with Crippen LogP contribution in [0.4, 0.5) is 5.13 Å². The Bertz CT molecular complexity index is 613. The van der Waals surface area contributed by atoms with Crippen molar-refractivity contribution in [1.82, 2.24) is 4.98 Å². The number of nitrogens with zero attached hydrogens (tertiary/aromatic N) is 1. The van der Waals surface area contributed by atoms with Crippen molar-refractivity contribution >= 4 is 22.4 Å². The first-order valence-electron chi connectivity index (χ1n) is 6.71. The molecule has 0 spiro atoms. The number of carbonyl (C=O) groups excluding carboxylic acids is 1. The highest BCUT2D eigenvalue weighted by molar-refractivity contribution is 7.15. The van der Waals surface area contributed by atoms with Crippen LogP contribution < -0.4 is 10.1 Å². The minimum Gasteiger partial charge on any atom is -0.496 e. The number of carbonyl (C=O) groups is 1. The minimum absolute atomic E-state index is 0.173. The van der Waals surface area contributed by atoms with Crippen LogP contribution >= 0.6 is 11.3 Å². The molecular weight excluding hydrogens is 272 g/mol. The number of fused-ring (bicyclic) bond motifs is 1. The van der Waals surface area contributed by atoms with Gasteiger partial charge in [-0.3, -0.25) is 10.1 Å². The fourth-order valence-corrected chi connectivity index (χ4v) is 3.45. The number of thiazole rings is 1. The standard InChI is InChI=1S/C15H16N2O2S/c1-19-12-8-4-2-6-10(12)14(18)17-15-16-11-7-3-5-9-13(11)20-15/h2,4,6,8H,3,5,7,9H2,1H3,(H,16,17,18). The van der Waals surface area contributed by atoms with Crippen LogP contribution in [0, 0.1) is 0 Å². The number of para-hydroxylation sites is 1. The van der Waals surface area contributed by atoms with Crippen LogP contribution in [0.2, 0.25) is 0 Å². The molecule has 0 saturated carbocycles. The molecule has 1 aliphatic carbocycles. The molecule has 1 amide bonds. The van der Waals surface area contributed by atoms with E-state index in [1.165, 1.54) is 17.7 Å². The predicted octanol–water partition coefficient (Wildman–Crippen LogP) is 3.28. The molecule has 0 fully saturated rings. The highest BCUT2D eigenvalue weighted by Crippen LogP contribution is 2.30. The van der Waals surface area contributed by atoms with E-state index in [0.29, 0.717) is 16.4 Å². The Hall–Kier alpha value is -1.88. The van der Waals surface area contributed by atoms with Crippen molar-refractivity contribution < 1.29 is 9.53 Å². The topological polar surface area (TPSA) is 51.2 Å². The van der Waals surface area contributed by atoms with E-state index in [0.717, 1.165) is 18.5 Å². The lowest BCUT2D eigenvalue weighted by atomic mass is 10.0. The molecule has 0 unspecified atom stereocenters. The fraction of sp³-hybridized carbons (Fsp3) is 0.333. The van der Waals surface area contributed by atoms with Gasteiger partial charge in [0.25, 0.3) is 5.91 Å². The Kier molecular flexibility index (Phi) is 3.69. The highest BCUT2D eigenvalue weighted by atomic mass is 32.1. The zero-order valence-corrected chi connectivity index (χ0v) is 12.1. The summed E-state index contributed by atoms with van der Waals surface area (Å²) < 4.78 is 5.21. The van der Waals surface area contributed by atoms with Gasteiger partial charge in [0.2, 0.25) is 0 Å². The minimum atomic E-state index is -0.173. The third-order valence-electron chi connectivity index (χ3n) is 3.42. The second-order valence-electron chi connectivity index (χ2n) is 4.75. The molecule has 3 rings (SSSR count). The fourth-order valence-electron chi connectivity index (χ4n) is 2.40. The maximum absolute atomic E-state index is 12.3. The molecule has 20 heavy (non-hydrogen) atoms. The van der Waals surface area contributed by atoms with Gasteiger partial charge in [-0.2, -0.15) is 0 Å². The molecule has 0 atom stereocenters. The number of amides is 1. The maximum Gasteiger partial charge on any atom is 0.261 e. The average Bonchev–Trinajstić information content (AvgIpc) is 2.89. The zero-order chi connectivity index (χ0) is 13.9. The second kappa shape index (κ2) is 5.63. The van der Waals surface area contributed by atoms with Gasteiger partial charge in [0.15, 0.2) is 5.13 Å². The lowest BCUT2D eigenvalue weighted by Crippen LogP contribution is -2.13. The molecule has 5 heteroatoms.